The Morgan fingerprint density at radius 3 is 2.37 bits per heavy atom. The van der Waals surface area contributed by atoms with Gasteiger partial charge in [0, 0.05) is 10.2 Å². The molecule has 0 aliphatic carbocycles. The molecule has 0 saturated carbocycles. The lowest BCUT2D eigenvalue weighted by atomic mass is 10.1. The Bertz CT molecular complexity index is 591. The molecule has 2 nitrogen and oxygen atoms in total. The maximum absolute atomic E-state index is 5.89. The summed E-state index contributed by atoms with van der Waals surface area (Å²) >= 11 is 10.4. The summed E-state index contributed by atoms with van der Waals surface area (Å²) in [5.74, 6) is 0.782. The molecule has 0 unspecified atom stereocenters. The highest BCUT2D eigenvalue weighted by Crippen LogP contribution is 2.37. The van der Waals surface area contributed by atoms with Gasteiger partial charge in [-0.25, -0.2) is 0 Å². The fraction of sp³-hybridized carbons (Fsp3) is 0.143. The third kappa shape index (κ3) is 3.52. The molecule has 2 N–H and O–H groups in total. The van der Waals surface area contributed by atoms with E-state index in [4.69, 9.17) is 10.5 Å². The van der Waals surface area contributed by atoms with Gasteiger partial charge in [-0.05, 0) is 68.1 Å². The molecule has 0 spiro atoms. The summed E-state index contributed by atoms with van der Waals surface area (Å²) < 4.78 is 8.66. The molecule has 19 heavy (non-hydrogen) atoms. The molecular formula is C14H12Br3NO. The van der Waals surface area contributed by atoms with Crippen LogP contribution in [-0.2, 0) is 6.61 Å². The molecule has 0 amide bonds. The number of halogens is 3. The van der Waals surface area contributed by atoms with Crippen LogP contribution in [-0.4, -0.2) is 0 Å². The van der Waals surface area contributed by atoms with Gasteiger partial charge in [0.2, 0.25) is 0 Å². The fourth-order valence-electron chi connectivity index (χ4n) is 1.68. The lowest BCUT2D eigenvalue weighted by Gasteiger charge is -2.13. The minimum atomic E-state index is 0.482. The number of nitrogen functional groups attached to an aromatic ring is 1. The van der Waals surface area contributed by atoms with Gasteiger partial charge in [-0.3, -0.25) is 0 Å². The van der Waals surface area contributed by atoms with E-state index in [2.05, 4.69) is 47.8 Å². The third-order valence-electron chi connectivity index (χ3n) is 2.82. The first-order chi connectivity index (χ1) is 8.99. The zero-order chi connectivity index (χ0) is 14.0. The van der Waals surface area contributed by atoms with Crippen LogP contribution in [0.5, 0.6) is 5.75 Å². The Hall–Kier alpha value is -0.520. The minimum Gasteiger partial charge on any atom is -0.487 e. The Balaban J connectivity index is 2.22. The summed E-state index contributed by atoms with van der Waals surface area (Å²) in [6.07, 6.45) is 0. The molecule has 0 radical (unpaired) electrons. The van der Waals surface area contributed by atoms with Crippen LogP contribution in [0.2, 0.25) is 0 Å². The summed E-state index contributed by atoms with van der Waals surface area (Å²) in [5.41, 5.74) is 8.82. The zero-order valence-electron chi connectivity index (χ0n) is 10.2. The summed E-state index contributed by atoms with van der Waals surface area (Å²) in [6.45, 7) is 2.48. The molecule has 0 bridgehead atoms. The average molecular weight is 450 g/mol. The predicted octanol–water partition coefficient (Wildman–Crippen LogP) is 5.44. The lowest BCUT2D eigenvalue weighted by Crippen LogP contribution is -2.01. The van der Waals surface area contributed by atoms with E-state index >= 15 is 0 Å². The van der Waals surface area contributed by atoms with Crippen molar-refractivity contribution in [3.05, 3.63) is 54.9 Å². The molecule has 100 valence electrons. The summed E-state index contributed by atoms with van der Waals surface area (Å²) in [5, 5.41) is 0. The van der Waals surface area contributed by atoms with Crippen LogP contribution in [0.4, 0.5) is 5.69 Å². The van der Waals surface area contributed by atoms with Crippen LogP contribution in [0, 0.1) is 6.92 Å². The summed E-state index contributed by atoms with van der Waals surface area (Å²) in [6, 6.07) is 9.75. The molecule has 0 fully saturated rings. The molecule has 0 aliphatic heterocycles. The Labute approximate surface area is 137 Å². The van der Waals surface area contributed by atoms with Gasteiger partial charge in [-0.2, -0.15) is 0 Å². The van der Waals surface area contributed by atoms with E-state index in [-0.39, 0.29) is 0 Å². The Morgan fingerprint density at radius 2 is 1.74 bits per heavy atom. The molecule has 0 aliphatic rings. The third-order valence-corrected chi connectivity index (χ3v) is 4.46. The van der Waals surface area contributed by atoms with Crippen molar-refractivity contribution in [3.8, 4) is 5.75 Å². The quantitative estimate of drug-likeness (QED) is 0.633. The van der Waals surface area contributed by atoms with Crippen molar-refractivity contribution >= 4 is 53.5 Å². The van der Waals surface area contributed by atoms with E-state index in [1.165, 1.54) is 0 Å². The second-order valence-corrected chi connectivity index (χ2v) is 6.74. The highest BCUT2D eigenvalue weighted by molar-refractivity contribution is 9.11. The number of rotatable bonds is 3. The topological polar surface area (TPSA) is 35.2 Å². The molecule has 2 rings (SSSR count). The van der Waals surface area contributed by atoms with Gasteiger partial charge in [0.1, 0.15) is 12.4 Å². The molecule has 0 atom stereocenters. The second kappa shape index (κ2) is 6.29. The van der Waals surface area contributed by atoms with Gasteiger partial charge in [-0.1, -0.05) is 28.1 Å². The number of nitrogens with two attached hydrogens (primary N) is 1. The van der Waals surface area contributed by atoms with Crippen molar-refractivity contribution in [3.63, 3.8) is 0 Å². The Kier molecular flexibility index (Phi) is 4.92. The number of ether oxygens (including phenoxy) is 1. The molecule has 0 saturated heterocycles. The predicted molar refractivity (Wildman–Crippen MR) is 89.5 cm³/mol. The van der Waals surface area contributed by atoms with Crippen molar-refractivity contribution in [1.82, 2.24) is 0 Å². The van der Waals surface area contributed by atoms with Crippen molar-refractivity contribution < 1.29 is 4.74 Å². The van der Waals surface area contributed by atoms with E-state index < -0.39 is 0 Å². The van der Waals surface area contributed by atoms with Crippen LogP contribution >= 0.6 is 47.8 Å². The number of anilines is 1. The maximum Gasteiger partial charge on any atom is 0.148 e. The summed E-state index contributed by atoms with van der Waals surface area (Å²) in [7, 11) is 0. The van der Waals surface area contributed by atoms with Crippen LogP contribution < -0.4 is 10.5 Å². The first-order valence-electron chi connectivity index (χ1n) is 5.60. The van der Waals surface area contributed by atoms with E-state index in [9.17, 15) is 0 Å². The molecular weight excluding hydrogens is 438 g/mol. The minimum absolute atomic E-state index is 0.482. The Morgan fingerprint density at radius 1 is 1.11 bits per heavy atom. The van der Waals surface area contributed by atoms with Crippen LogP contribution in [0.3, 0.4) is 0 Å². The van der Waals surface area contributed by atoms with Crippen LogP contribution in [0.1, 0.15) is 11.1 Å². The van der Waals surface area contributed by atoms with Crippen molar-refractivity contribution in [2.45, 2.75) is 13.5 Å². The van der Waals surface area contributed by atoms with E-state index in [0.29, 0.717) is 6.61 Å². The molecule has 5 heteroatoms. The largest absolute Gasteiger partial charge is 0.487 e. The number of hydrogen-bond donors (Lipinski definition) is 1. The fourth-order valence-corrected chi connectivity index (χ4v) is 4.16. The van der Waals surface area contributed by atoms with Gasteiger partial charge in [-0.15, -0.1) is 0 Å². The first kappa shape index (κ1) is 14.9. The van der Waals surface area contributed by atoms with Gasteiger partial charge in [0.25, 0.3) is 0 Å². The average Bonchev–Trinajstić information content (AvgIpc) is 2.33. The maximum atomic E-state index is 5.89. The van der Waals surface area contributed by atoms with E-state index in [1.54, 1.807) is 0 Å². The van der Waals surface area contributed by atoms with E-state index in [1.807, 2.05) is 37.3 Å². The van der Waals surface area contributed by atoms with Gasteiger partial charge in [0.05, 0.1) is 8.95 Å². The summed E-state index contributed by atoms with van der Waals surface area (Å²) in [4.78, 5) is 0. The second-order valence-electron chi connectivity index (χ2n) is 4.12. The van der Waals surface area contributed by atoms with Crippen LogP contribution in [0.25, 0.3) is 0 Å². The molecule has 2 aromatic rings. The van der Waals surface area contributed by atoms with E-state index in [0.717, 1.165) is 36.0 Å². The lowest BCUT2D eigenvalue weighted by molar-refractivity contribution is 0.301. The van der Waals surface area contributed by atoms with Crippen LogP contribution in [0.15, 0.2) is 43.7 Å². The SMILES string of the molecule is Cc1c(N)cccc1COc1c(Br)cc(Br)cc1Br. The van der Waals surface area contributed by atoms with Gasteiger partial charge >= 0.3 is 0 Å². The molecule has 0 heterocycles. The monoisotopic (exact) mass is 447 g/mol. The zero-order valence-corrected chi connectivity index (χ0v) is 15.0. The van der Waals surface area contributed by atoms with Crippen molar-refractivity contribution in [2.24, 2.45) is 0 Å². The van der Waals surface area contributed by atoms with Gasteiger partial charge < -0.3 is 10.5 Å². The molecule has 0 aromatic heterocycles. The van der Waals surface area contributed by atoms with Crippen molar-refractivity contribution in [2.75, 3.05) is 5.73 Å². The number of hydrogen-bond acceptors (Lipinski definition) is 2. The number of benzene rings is 2. The smallest absolute Gasteiger partial charge is 0.148 e. The molecule has 2 aromatic carbocycles. The standard InChI is InChI=1S/C14H12Br3NO/c1-8-9(3-2-4-13(8)18)7-19-14-11(16)5-10(15)6-12(14)17/h2-6H,7,18H2,1H3. The normalized spacial score (nSPS) is 10.5. The van der Waals surface area contributed by atoms with Crippen molar-refractivity contribution in [1.29, 1.82) is 0 Å². The highest BCUT2D eigenvalue weighted by Gasteiger charge is 2.09. The first-order valence-corrected chi connectivity index (χ1v) is 7.98. The van der Waals surface area contributed by atoms with Gasteiger partial charge in [0.15, 0.2) is 0 Å². The highest BCUT2D eigenvalue weighted by atomic mass is 79.9.